The lowest BCUT2D eigenvalue weighted by atomic mass is 9.98. The van der Waals surface area contributed by atoms with Crippen LogP contribution in [0, 0.1) is 11.3 Å². The van der Waals surface area contributed by atoms with Crippen molar-refractivity contribution >= 4 is 33.3 Å². The summed E-state index contributed by atoms with van der Waals surface area (Å²) in [5.74, 6) is 2.40. The van der Waals surface area contributed by atoms with Gasteiger partial charge in [0.05, 0.1) is 0 Å². The van der Waals surface area contributed by atoms with Crippen LogP contribution >= 0.6 is 0 Å². The lowest BCUT2D eigenvalue weighted by molar-refractivity contribution is -0.900. The van der Waals surface area contributed by atoms with Crippen LogP contribution in [0.2, 0.25) is 0 Å². The first-order valence-electron chi connectivity index (χ1n) is 13.2. The first-order chi connectivity index (χ1) is 18.1. The van der Waals surface area contributed by atoms with Crippen LogP contribution in [0.5, 0.6) is 5.75 Å². The van der Waals surface area contributed by atoms with Gasteiger partial charge in [-0.15, -0.1) is 0 Å². The van der Waals surface area contributed by atoms with E-state index in [4.69, 9.17) is 4.74 Å². The summed E-state index contributed by atoms with van der Waals surface area (Å²) in [5.41, 5.74) is 4.89. The second-order valence-corrected chi connectivity index (χ2v) is 10.2. The number of nitrogens with one attached hydrogen (secondary N) is 2. The smallest absolute Gasteiger partial charge is 0.250 e. The molecule has 37 heavy (non-hydrogen) atoms. The zero-order chi connectivity index (χ0) is 25.4. The molecule has 0 spiro atoms. The highest BCUT2D eigenvalue weighted by molar-refractivity contribution is 5.88. The molecule has 1 fully saturated rings. The van der Waals surface area contributed by atoms with Crippen molar-refractivity contribution in [2.45, 2.75) is 19.8 Å². The van der Waals surface area contributed by atoms with Gasteiger partial charge in [0.2, 0.25) is 11.5 Å². The summed E-state index contributed by atoms with van der Waals surface area (Å²) < 4.78 is 8.47. The molecule has 1 saturated heterocycles. The highest BCUT2D eigenvalue weighted by Gasteiger charge is 2.30. The summed E-state index contributed by atoms with van der Waals surface area (Å²) in [6.45, 7) is 10.1. The van der Waals surface area contributed by atoms with Crippen LogP contribution in [0.25, 0.3) is 27.5 Å². The number of anilines is 1. The number of aromatic nitrogens is 2. The van der Waals surface area contributed by atoms with E-state index in [0.29, 0.717) is 6.61 Å². The highest BCUT2D eigenvalue weighted by atomic mass is 16.5. The van der Waals surface area contributed by atoms with Crippen LogP contribution in [-0.2, 0) is 0 Å². The van der Waals surface area contributed by atoms with Gasteiger partial charge in [-0.3, -0.25) is 9.88 Å². The van der Waals surface area contributed by atoms with Crippen molar-refractivity contribution < 1.29 is 14.0 Å². The summed E-state index contributed by atoms with van der Waals surface area (Å²) >= 11 is 0. The van der Waals surface area contributed by atoms with Gasteiger partial charge < -0.3 is 9.64 Å². The molecule has 1 aliphatic heterocycles. The van der Waals surface area contributed by atoms with E-state index in [2.05, 4.69) is 101 Å². The van der Waals surface area contributed by atoms with Gasteiger partial charge in [-0.1, -0.05) is 62.4 Å². The number of hydrogen-bond acceptors (Lipinski definition) is 3. The fourth-order valence-electron chi connectivity index (χ4n) is 5.64. The minimum Gasteiger partial charge on any atom is -0.487 e. The van der Waals surface area contributed by atoms with Crippen molar-refractivity contribution in [3.63, 3.8) is 0 Å². The molecule has 3 heterocycles. The van der Waals surface area contributed by atoms with E-state index >= 15 is 0 Å². The molecule has 6 nitrogen and oxygen atoms in total. The molecule has 3 aromatic carbocycles. The Hall–Kier alpha value is -4.08. The first kappa shape index (κ1) is 23.3. The Labute approximate surface area is 217 Å². The largest absolute Gasteiger partial charge is 0.487 e. The number of nitrogens with zero attached hydrogens (tertiary/aromatic N) is 3. The monoisotopic (exact) mass is 491 g/mol. The molecule has 0 aliphatic carbocycles. The van der Waals surface area contributed by atoms with Crippen molar-refractivity contribution in [1.82, 2.24) is 4.98 Å². The number of nitriles is 1. The van der Waals surface area contributed by atoms with Crippen molar-refractivity contribution in [2.75, 3.05) is 44.2 Å². The fraction of sp³-hybridized carbons (Fsp3) is 0.290. The molecule has 6 heteroatoms. The molecule has 2 aromatic heterocycles. The van der Waals surface area contributed by atoms with Gasteiger partial charge in [-0.2, -0.15) is 9.66 Å². The van der Waals surface area contributed by atoms with Gasteiger partial charge in [-0.05, 0) is 35.1 Å². The van der Waals surface area contributed by atoms with E-state index in [9.17, 15) is 5.26 Å². The molecule has 2 N–H and O–H groups in total. The van der Waals surface area contributed by atoms with Gasteiger partial charge in [0.15, 0.2) is 0 Å². The number of hydrogen-bond donors (Lipinski definition) is 2. The van der Waals surface area contributed by atoms with Gasteiger partial charge in [0.1, 0.15) is 67.7 Å². The quantitative estimate of drug-likeness (QED) is 0.355. The van der Waals surface area contributed by atoms with Crippen LogP contribution in [0.4, 0.5) is 5.82 Å². The molecule has 0 amide bonds. The number of para-hydroxylation sites is 2. The maximum Gasteiger partial charge on any atom is 0.250 e. The molecule has 0 saturated carbocycles. The van der Waals surface area contributed by atoms with E-state index in [1.165, 1.54) is 16.6 Å². The van der Waals surface area contributed by atoms with Gasteiger partial charge in [0, 0.05) is 11.5 Å². The van der Waals surface area contributed by atoms with Gasteiger partial charge >= 0.3 is 0 Å². The van der Waals surface area contributed by atoms with Crippen LogP contribution in [-0.4, -0.2) is 44.3 Å². The number of imidazole rings is 1. The maximum atomic E-state index is 10.0. The van der Waals surface area contributed by atoms with E-state index in [0.717, 1.165) is 66.3 Å². The van der Waals surface area contributed by atoms with Crippen molar-refractivity contribution in [3.05, 3.63) is 83.9 Å². The summed E-state index contributed by atoms with van der Waals surface area (Å²) in [7, 11) is 0. The predicted octanol–water partition coefficient (Wildman–Crippen LogP) is 3.84. The second kappa shape index (κ2) is 9.76. The summed E-state index contributed by atoms with van der Waals surface area (Å²) in [4.78, 5) is 7.57. The number of aromatic amines is 1. The van der Waals surface area contributed by atoms with Crippen LogP contribution in [0.3, 0.4) is 0 Å². The molecule has 0 unspecified atom stereocenters. The highest BCUT2D eigenvalue weighted by Crippen LogP contribution is 2.28. The van der Waals surface area contributed by atoms with Crippen LogP contribution in [0.1, 0.15) is 30.9 Å². The second-order valence-electron chi connectivity index (χ2n) is 10.2. The third-order valence-corrected chi connectivity index (χ3v) is 7.65. The maximum absolute atomic E-state index is 10.0. The van der Waals surface area contributed by atoms with Crippen LogP contribution < -0.4 is 18.9 Å². The van der Waals surface area contributed by atoms with E-state index in [1.54, 1.807) is 4.90 Å². The minimum absolute atomic E-state index is 0.267. The number of H-pyrrole nitrogens is 1. The number of benzene rings is 3. The number of quaternary nitrogens is 1. The van der Waals surface area contributed by atoms with Crippen LogP contribution in [0.15, 0.2) is 72.8 Å². The lowest BCUT2D eigenvalue weighted by Gasteiger charge is -2.30. The summed E-state index contributed by atoms with van der Waals surface area (Å²) in [6.07, 6.45) is 0. The number of fused-ring (bicyclic) bond motifs is 4. The van der Waals surface area contributed by atoms with E-state index in [1.807, 2.05) is 6.07 Å². The Kier molecular flexibility index (Phi) is 6.15. The lowest BCUT2D eigenvalue weighted by Crippen LogP contribution is -3.15. The van der Waals surface area contributed by atoms with Crippen molar-refractivity contribution in [2.24, 2.45) is 0 Å². The molecule has 0 bridgehead atoms. The SMILES string of the molecule is CC(C)c1cc(N2CC[NH+](CCOc3cccc4ccccc34)CC2)[n+]2c([nH]c3ccccc32)c1C#N. The number of piperazine rings is 1. The average Bonchev–Trinajstić information content (AvgIpc) is 3.32. The molecule has 186 valence electrons. The van der Waals surface area contributed by atoms with Gasteiger partial charge in [-0.25, -0.2) is 0 Å². The number of ether oxygens (including phenoxy) is 1. The molecule has 0 atom stereocenters. The zero-order valence-electron chi connectivity index (χ0n) is 21.5. The normalized spacial score (nSPS) is 14.6. The van der Waals surface area contributed by atoms with Gasteiger partial charge in [0.25, 0.3) is 0 Å². The zero-order valence-corrected chi connectivity index (χ0v) is 21.5. The Morgan fingerprint density at radius 2 is 1.78 bits per heavy atom. The van der Waals surface area contributed by atoms with Crippen molar-refractivity contribution in [1.29, 1.82) is 5.26 Å². The Bertz CT molecular complexity index is 1620. The summed E-state index contributed by atoms with van der Waals surface area (Å²) in [6, 6.07) is 27.7. The molecule has 5 aromatic rings. The molecule has 1 aliphatic rings. The average molecular weight is 492 g/mol. The van der Waals surface area contributed by atoms with E-state index in [-0.39, 0.29) is 5.92 Å². The summed E-state index contributed by atoms with van der Waals surface area (Å²) in [5, 5.41) is 12.4. The Morgan fingerprint density at radius 1 is 1.03 bits per heavy atom. The fourth-order valence-corrected chi connectivity index (χ4v) is 5.64. The molecule has 0 radical (unpaired) electrons. The number of pyridine rings is 1. The Morgan fingerprint density at radius 3 is 2.59 bits per heavy atom. The third kappa shape index (κ3) is 4.26. The molecule has 6 rings (SSSR count). The molecular formula is C31H33N5O+2. The Balaban J connectivity index is 1.20. The first-order valence-corrected chi connectivity index (χ1v) is 13.2. The van der Waals surface area contributed by atoms with Crippen molar-refractivity contribution in [3.8, 4) is 11.8 Å². The predicted molar refractivity (Wildman–Crippen MR) is 147 cm³/mol. The number of rotatable bonds is 6. The standard InChI is InChI=1S/C31H31N5O/c1-22(2)25-20-30(36-28-12-6-5-11-27(28)33-31(36)26(25)21-32)35-16-14-34(15-17-35)18-19-37-29-13-7-9-23-8-3-4-10-24(23)29/h3-13,20,22H,14-19H2,1-2H3/p+2. The van der Waals surface area contributed by atoms with E-state index < -0.39 is 0 Å². The third-order valence-electron chi connectivity index (χ3n) is 7.65. The molecular weight excluding hydrogens is 458 g/mol. The minimum atomic E-state index is 0.267. The topological polar surface area (TPSA) is 60.6 Å².